The fourth-order valence-corrected chi connectivity index (χ4v) is 6.98. The number of aromatic nitrogens is 4. The monoisotopic (exact) mass is 656 g/mol. The molecule has 17 nitrogen and oxygen atoms in total. The molecule has 0 saturated carbocycles. The van der Waals surface area contributed by atoms with Gasteiger partial charge in [0.1, 0.15) is 6.10 Å². The minimum Gasteiger partial charge on any atom is -0.456 e. The third kappa shape index (κ3) is 6.94. The van der Waals surface area contributed by atoms with Gasteiger partial charge in [-0.2, -0.15) is 4.98 Å². The van der Waals surface area contributed by atoms with Gasteiger partial charge in [0, 0.05) is 58.3 Å². The van der Waals surface area contributed by atoms with Crippen molar-refractivity contribution in [3.05, 3.63) is 75.6 Å². The van der Waals surface area contributed by atoms with Crippen LogP contribution in [0.5, 0.6) is 6.01 Å². The molecule has 2 aromatic rings. The number of aliphatic hydroxyl groups is 1. The summed E-state index contributed by atoms with van der Waals surface area (Å²) in [4.78, 5) is 47.0. The fourth-order valence-electron chi connectivity index (χ4n) is 6.98. The highest BCUT2D eigenvalue weighted by Crippen LogP contribution is 2.51. The number of aryl methyl sites for hydroxylation is 2. The molecule has 8 atom stereocenters. The van der Waals surface area contributed by atoms with E-state index in [-0.39, 0.29) is 35.3 Å². The van der Waals surface area contributed by atoms with Crippen LogP contribution in [0, 0.1) is 25.7 Å². The van der Waals surface area contributed by atoms with Gasteiger partial charge in [-0.15, -0.1) is 0 Å². The highest BCUT2D eigenvalue weighted by Gasteiger charge is 2.56. The normalized spacial score (nSPS) is 30.3. The molecule has 0 amide bonds. The lowest BCUT2D eigenvalue weighted by atomic mass is 9.81. The molecule has 2 N–H and O–H groups in total. The molecule has 3 aliphatic heterocycles. The summed E-state index contributed by atoms with van der Waals surface area (Å²) in [5.74, 6) is -0.0571. The molecule has 17 heteroatoms. The van der Waals surface area contributed by atoms with Gasteiger partial charge in [0.2, 0.25) is 0 Å². The van der Waals surface area contributed by atoms with Crippen molar-refractivity contribution in [3.63, 3.8) is 0 Å². The van der Waals surface area contributed by atoms with Crippen LogP contribution in [-0.2, 0) is 9.47 Å². The topological polar surface area (TPSA) is 235 Å². The Kier molecular flexibility index (Phi) is 11.2. The lowest BCUT2D eigenvalue weighted by Gasteiger charge is -2.33. The molecule has 0 radical (unpaired) electrons. The Morgan fingerprint density at radius 2 is 1.47 bits per heavy atom. The SMILES string of the molecule is CC[C@@]1(CCCN=[N+]=[N-])O[C@@H](n2cc(C)c(=O)[nH]c2=O)[C@H](O)[C@@H]1C.CC[C@@]1(CCCN=[N+]=[N-])O[C@@H]2[C@@H](Oc3nc(=O)c(C)cn32)[C@@H]1C. The number of fused-ring (bicyclic) bond motifs is 3. The summed E-state index contributed by atoms with van der Waals surface area (Å²) in [6, 6.07) is 0.334. The van der Waals surface area contributed by atoms with Gasteiger partial charge in [0.25, 0.3) is 11.1 Å². The van der Waals surface area contributed by atoms with E-state index >= 15 is 0 Å². The maximum Gasteiger partial charge on any atom is 0.330 e. The van der Waals surface area contributed by atoms with Crippen LogP contribution in [0.3, 0.4) is 0 Å². The van der Waals surface area contributed by atoms with E-state index in [1.807, 2.05) is 18.4 Å². The standard InChI is InChI=1S/C15H23N5O4.C15H21N5O3/c1-4-15(6-5-7-17-19-16)10(3)11(21)13(24-15)20-8-9(2)12(22)18-14(20)23;1-4-15(6-5-7-17-19-16)10(3)11-13(23-15)20-8-9(2)12(21)18-14(20)22-11/h8,10-11,13,21H,4-7H2,1-3H3,(H,18,22,23);8,10-11,13H,4-7H2,1-3H3/t10-,11+,13+,15-;10-,11-,13+,15-/m00/s1. The lowest BCUT2D eigenvalue weighted by Crippen LogP contribution is -2.37. The maximum absolute atomic E-state index is 12.1. The van der Waals surface area contributed by atoms with Gasteiger partial charge in [0.15, 0.2) is 18.6 Å². The number of aromatic amines is 1. The summed E-state index contributed by atoms with van der Waals surface area (Å²) in [5.41, 5.74) is 15.5. The Morgan fingerprint density at radius 3 is 2.04 bits per heavy atom. The molecule has 0 spiro atoms. The largest absolute Gasteiger partial charge is 0.456 e. The van der Waals surface area contributed by atoms with E-state index in [1.54, 1.807) is 20.0 Å². The van der Waals surface area contributed by atoms with E-state index in [2.05, 4.69) is 43.9 Å². The lowest BCUT2D eigenvalue weighted by molar-refractivity contribution is -0.101. The molecule has 5 heterocycles. The smallest absolute Gasteiger partial charge is 0.330 e. The summed E-state index contributed by atoms with van der Waals surface area (Å²) >= 11 is 0. The van der Waals surface area contributed by atoms with E-state index in [9.17, 15) is 19.5 Å². The van der Waals surface area contributed by atoms with Crippen molar-refractivity contribution in [2.45, 2.75) is 116 Å². The zero-order valence-electron chi connectivity index (χ0n) is 27.7. The number of rotatable bonds is 11. The zero-order chi connectivity index (χ0) is 34.5. The van der Waals surface area contributed by atoms with Gasteiger partial charge in [-0.25, -0.2) is 4.79 Å². The Morgan fingerprint density at radius 1 is 0.915 bits per heavy atom. The van der Waals surface area contributed by atoms with Crippen molar-refractivity contribution < 1.29 is 19.3 Å². The van der Waals surface area contributed by atoms with Crippen LogP contribution in [0.25, 0.3) is 20.9 Å². The second kappa shape index (κ2) is 14.7. The molecular formula is C30H44N10O7. The first-order valence-corrected chi connectivity index (χ1v) is 16.0. The number of nitrogens with zero attached hydrogens (tertiary/aromatic N) is 9. The van der Waals surface area contributed by atoms with Crippen LogP contribution >= 0.6 is 0 Å². The number of aliphatic hydroxyl groups excluding tert-OH is 1. The fraction of sp³-hybridized carbons (Fsp3) is 0.733. The first kappa shape index (κ1) is 35.7. The van der Waals surface area contributed by atoms with E-state index in [1.165, 1.54) is 10.8 Å². The highest BCUT2D eigenvalue weighted by molar-refractivity contribution is 5.16. The Labute approximate surface area is 271 Å². The van der Waals surface area contributed by atoms with Crippen molar-refractivity contribution in [2.24, 2.45) is 22.1 Å². The molecule has 0 aliphatic carbocycles. The Hall–Kier alpha value is -4.14. The summed E-state index contributed by atoms with van der Waals surface area (Å²) in [7, 11) is 0. The molecule has 47 heavy (non-hydrogen) atoms. The van der Waals surface area contributed by atoms with Gasteiger partial charge >= 0.3 is 11.7 Å². The number of nitrogens with one attached hydrogen (secondary N) is 1. The molecule has 256 valence electrons. The van der Waals surface area contributed by atoms with Gasteiger partial charge in [-0.05, 0) is 63.4 Å². The number of H-pyrrole nitrogens is 1. The molecular weight excluding hydrogens is 612 g/mol. The number of ether oxygens (including phenoxy) is 3. The van der Waals surface area contributed by atoms with Crippen molar-refractivity contribution in [2.75, 3.05) is 13.1 Å². The first-order valence-electron chi connectivity index (χ1n) is 16.0. The Bertz CT molecular complexity index is 1710. The van der Waals surface area contributed by atoms with E-state index in [0.29, 0.717) is 49.5 Å². The number of hydrogen-bond donors (Lipinski definition) is 2. The minimum atomic E-state index is -0.882. The number of azide groups is 2. The summed E-state index contributed by atoms with van der Waals surface area (Å²) in [6.45, 7) is 12.2. The summed E-state index contributed by atoms with van der Waals surface area (Å²) < 4.78 is 21.5. The summed E-state index contributed by atoms with van der Waals surface area (Å²) in [6.07, 6.45) is 5.33. The molecule has 2 aromatic heterocycles. The predicted octanol–water partition coefficient (Wildman–Crippen LogP) is 4.33. The molecule has 0 aromatic carbocycles. The van der Waals surface area contributed by atoms with Gasteiger partial charge < -0.3 is 19.3 Å². The quantitative estimate of drug-likeness (QED) is 0.152. The van der Waals surface area contributed by atoms with Crippen LogP contribution in [0.15, 0.2) is 37.0 Å². The third-order valence-electron chi connectivity index (χ3n) is 10.0. The minimum absolute atomic E-state index is 0.150. The van der Waals surface area contributed by atoms with Crippen molar-refractivity contribution in [3.8, 4) is 6.01 Å². The third-order valence-corrected chi connectivity index (χ3v) is 10.0. The maximum atomic E-state index is 12.1. The van der Waals surface area contributed by atoms with Crippen LogP contribution in [0.1, 0.15) is 89.8 Å². The van der Waals surface area contributed by atoms with Crippen LogP contribution in [0.2, 0.25) is 0 Å². The van der Waals surface area contributed by atoms with Crippen molar-refractivity contribution in [1.29, 1.82) is 0 Å². The van der Waals surface area contributed by atoms with Crippen molar-refractivity contribution >= 4 is 0 Å². The van der Waals surface area contributed by atoms with Crippen LogP contribution in [-0.4, -0.2) is 60.7 Å². The van der Waals surface area contributed by atoms with Gasteiger partial charge in [-0.1, -0.05) is 37.9 Å². The molecule has 3 aliphatic rings. The van der Waals surface area contributed by atoms with E-state index in [4.69, 9.17) is 25.3 Å². The van der Waals surface area contributed by atoms with Crippen LogP contribution in [0.4, 0.5) is 0 Å². The average Bonchev–Trinajstić information content (AvgIpc) is 3.62. The molecule has 2 saturated heterocycles. The first-order chi connectivity index (χ1) is 22.4. The second-order valence-electron chi connectivity index (χ2n) is 12.5. The van der Waals surface area contributed by atoms with Gasteiger partial charge in [-0.3, -0.25) is 23.7 Å². The molecule has 5 rings (SSSR count). The summed E-state index contributed by atoms with van der Waals surface area (Å²) in [5, 5.41) is 17.7. The van der Waals surface area contributed by atoms with E-state index < -0.39 is 29.2 Å². The molecule has 0 unspecified atom stereocenters. The Balaban J connectivity index is 0.000000213. The molecule has 2 fully saturated rings. The second-order valence-corrected chi connectivity index (χ2v) is 12.5. The highest BCUT2D eigenvalue weighted by atomic mass is 16.6. The van der Waals surface area contributed by atoms with Crippen LogP contribution < -0.4 is 21.5 Å². The number of hydrogen-bond acceptors (Lipinski definition) is 10. The average molecular weight is 657 g/mol. The van der Waals surface area contributed by atoms with E-state index in [0.717, 1.165) is 19.3 Å². The predicted molar refractivity (Wildman–Crippen MR) is 171 cm³/mol. The van der Waals surface area contributed by atoms with Crippen molar-refractivity contribution in [1.82, 2.24) is 19.1 Å². The van der Waals surface area contributed by atoms with Gasteiger partial charge in [0.05, 0.1) is 11.2 Å². The zero-order valence-corrected chi connectivity index (χ0v) is 27.7. The molecule has 0 bridgehead atoms.